The standard InChI is InChI=1S/C11H14BrNO/c1-8-3-4-9(12)5-10(8)14-11(2)6-13-7-11/h3-5,13H,6-7H2,1-2H3. The van der Waals surface area contributed by atoms with Gasteiger partial charge in [-0.25, -0.2) is 0 Å². The molecule has 0 radical (unpaired) electrons. The summed E-state index contributed by atoms with van der Waals surface area (Å²) in [6.07, 6.45) is 0. The maximum Gasteiger partial charge on any atom is 0.131 e. The van der Waals surface area contributed by atoms with Gasteiger partial charge in [0.05, 0.1) is 0 Å². The van der Waals surface area contributed by atoms with Gasteiger partial charge in [0, 0.05) is 17.6 Å². The molecule has 1 aliphatic rings. The second-order valence-corrected chi connectivity index (χ2v) is 4.98. The van der Waals surface area contributed by atoms with E-state index in [0.717, 1.165) is 23.3 Å². The number of aryl methyl sites for hydroxylation is 1. The van der Waals surface area contributed by atoms with Crippen LogP contribution < -0.4 is 10.1 Å². The largest absolute Gasteiger partial charge is 0.485 e. The minimum atomic E-state index is -0.0223. The number of rotatable bonds is 2. The Morgan fingerprint density at radius 2 is 2.14 bits per heavy atom. The molecule has 1 aromatic rings. The third-order valence-corrected chi connectivity index (χ3v) is 3.00. The van der Waals surface area contributed by atoms with Gasteiger partial charge in [0.1, 0.15) is 11.4 Å². The van der Waals surface area contributed by atoms with Crippen molar-refractivity contribution in [3.63, 3.8) is 0 Å². The van der Waals surface area contributed by atoms with Crippen LogP contribution in [0.25, 0.3) is 0 Å². The molecule has 76 valence electrons. The highest BCUT2D eigenvalue weighted by Gasteiger charge is 2.34. The lowest BCUT2D eigenvalue weighted by atomic mass is 10.00. The molecule has 0 amide bonds. The van der Waals surface area contributed by atoms with Crippen molar-refractivity contribution in [1.29, 1.82) is 0 Å². The molecular weight excluding hydrogens is 242 g/mol. The number of nitrogens with one attached hydrogen (secondary N) is 1. The molecule has 1 saturated heterocycles. The topological polar surface area (TPSA) is 21.3 Å². The second-order valence-electron chi connectivity index (χ2n) is 4.07. The van der Waals surface area contributed by atoms with Crippen LogP contribution in [0.1, 0.15) is 12.5 Å². The summed E-state index contributed by atoms with van der Waals surface area (Å²) >= 11 is 3.45. The fraction of sp³-hybridized carbons (Fsp3) is 0.455. The molecule has 1 heterocycles. The molecule has 0 unspecified atom stereocenters. The minimum absolute atomic E-state index is 0.0223. The first-order chi connectivity index (χ1) is 6.59. The molecule has 0 spiro atoms. The van der Waals surface area contributed by atoms with Gasteiger partial charge >= 0.3 is 0 Å². The summed E-state index contributed by atoms with van der Waals surface area (Å²) in [5, 5.41) is 3.22. The number of benzene rings is 1. The van der Waals surface area contributed by atoms with Gasteiger partial charge in [-0.05, 0) is 31.5 Å². The van der Waals surface area contributed by atoms with Gasteiger partial charge in [-0.2, -0.15) is 0 Å². The molecule has 1 N–H and O–H groups in total. The third-order valence-electron chi connectivity index (χ3n) is 2.50. The number of hydrogen-bond donors (Lipinski definition) is 1. The highest BCUT2D eigenvalue weighted by molar-refractivity contribution is 9.10. The third kappa shape index (κ3) is 1.93. The lowest BCUT2D eigenvalue weighted by Gasteiger charge is -2.39. The van der Waals surface area contributed by atoms with E-state index in [1.54, 1.807) is 0 Å². The Morgan fingerprint density at radius 1 is 1.43 bits per heavy atom. The number of hydrogen-bond acceptors (Lipinski definition) is 2. The summed E-state index contributed by atoms with van der Waals surface area (Å²) in [7, 11) is 0. The average Bonchev–Trinajstić information content (AvgIpc) is 2.09. The van der Waals surface area contributed by atoms with Crippen LogP contribution in [-0.2, 0) is 0 Å². The lowest BCUT2D eigenvalue weighted by Crippen LogP contribution is -2.61. The smallest absolute Gasteiger partial charge is 0.131 e. The highest BCUT2D eigenvalue weighted by atomic mass is 79.9. The van der Waals surface area contributed by atoms with Gasteiger partial charge in [-0.1, -0.05) is 22.0 Å². The van der Waals surface area contributed by atoms with Crippen molar-refractivity contribution in [2.24, 2.45) is 0 Å². The van der Waals surface area contributed by atoms with Crippen molar-refractivity contribution in [2.75, 3.05) is 13.1 Å². The molecule has 3 heteroatoms. The van der Waals surface area contributed by atoms with E-state index in [1.165, 1.54) is 5.56 Å². The molecule has 1 aromatic carbocycles. The summed E-state index contributed by atoms with van der Waals surface area (Å²) in [5.74, 6) is 0.975. The van der Waals surface area contributed by atoms with E-state index < -0.39 is 0 Å². The van der Waals surface area contributed by atoms with Crippen LogP contribution in [0.4, 0.5) is 0 Å². The van der Waals surface area contributed by atoms with Crippen LogP contribution in [0, 0.1) is 6.92 Å². The van der Waals surface area contributed by atoms with Gasteiger partial charge < -0.3 is 10.1 Å². The minimum Gasteiger partial charge on any atom is -0.485 e. The van der Waals surface area contributed by atoms with E-state index in [0.29, 0.717) is 0 Å². The number of halogens is 1. The molecule has 0 aliphatic carbocycles. The second kappa shape index (κ2) is 3.55. The first-order valence-electron chi connectivity index (χ1n) is 4.75. The summed E-state index contributed by atoms with van der Waals surface area (Å²) < 4.78 is 7.02. The molecular formula is C11H14BrNO. The Bertz CT molecular complexity index is 347. The zero-order valence-electron chi connectivity index (χ0n) is 8.43. The first kappa shape index (κ1) is 9.99. The number of ether oxygens (including phenoxy) is 1. The monoisotopic (exact) mass is 255 g/mol. The van der Waals surface area contributed by atoms with Crippen molar-refractivity contribution in [3.05, 3.63) is 28.2 Å². The van der Waals surface area contributed by atoms with Gasteiger partial charge in [0.2, 0.25) is 0 Å². The van der Waals surface area contributed by atoms with Crippen molar-refractivity contribution in [3.8, 4) is 5.75 Å². The average molecular weight is 256 g/mol. The Kier molecular flexibility index (Phi) is 2.54. The van der Waals surface area contributed by atoms with E-state index in [-0.39, 0.29) is 5.60 Å². The molecule has 1 aliphatic heterocycles. The van der Waals surface area contributed by atoms with E-state index in [9.17, 15) is 0 Å². The molecule has 1 fully saturated rings. The van der Waals surface area contributed by atoms with Gasteiger partial charge in [0.25, 0.3) is 0 Å². The van der Waals surface area contributed by atoms with Crippen LogP contribution in [0.3, 0.4) is 0 Å². The SMILES string of the molecule is Cc1ccc(Br)cc1OC1(C)CNC1. The summed E-state index contributed by atoms with van der Waals surface area (Å²) in [6, 6.07) is 6.12. The molecule has 14 heavy (non-hydrogen) atoms. The predicted molar refractivity (Wildman–Crippen MR) is 60.8 cm³/mol. The normalized spacial score (nSPS) is 18.8. The Balaban J connectivity index is 2.19. The fourth-order valence-corrected chi connectivity index (χ4v) is 1.84. The van der Waals surface area contributed by atoms with Crippen molar-refractivity contribution >= 4 is 15.9 Å². The van der Waals surface area contributed by atoms with Gasteiger partial charge in [0.15, 0.2) is 0 Å². The Labute approximate surface area is 92.8 Å². The van der Waals surface area contributed by atoms with Crippen LogP contribution in [0.2, 0.25) is 0 Å². The molecule has 2 rings (SSSR count). The van der Waals surface area contributed by atoms with Crippen LogP contribution in [0.15, 0.2) is 22.7 Å². The van der Waals surface area contributed by atoms with Crippen molar-refractivity contribution in [2.45, 2.75) is 19.4 Å². The van der Waals surface area contributed by atoms with Crippen LogP contribution in [0.5, 0.6) is 5.75 Å². The van der Waals surface area contributed by atoms with E-state index >= 15 is 0 Å². The van der Waals surface area contributed by atoms with E-state index in [4.69, 9.17) is 4.74 Å². The molecule has 0 saturated carbocycles. The molecule has 0 atom stereocenters. The predicted octanol–water partition coefficient (Wildman–Crippen LogP) is 2.50. The van der Waals surface area contributed by atoms with Crippen LogP contribution in [-0.4, -0.2) is 18.7 Å². The highest BCUT2D eigenvalue weighted by Crippen LogP contribution is 2.27. The maximum atomic E-state index is 5.96. The Morgan fingerprint density at radius 3 is 2.71 bits per heavy atom. The zero-order valence-corrected chi connectivity index (χ0v) is 10.0. The summed E-state index contributed by atoms with van der Waals surface area (Å²) in [4.78, 5) is 0. The molecule has 0 bridgehead atoms. The van der Waals surface area contributed by atoms with Crippen molar-refractivity contribution < 1.29 is 4.74 Å². The molecule has 2 nitrogen and oxygen atoms in total. The molecule has 0 aromatic heterocycles. The first-order valence-corrected chi connectivity index (χ1v) is 5.54. The maximum absolute atomic E-state index is 5.96. The van der Waals surface area contributed by atoms with E-state index in [2.05, 4.69) is 41.2 Å². The fourth-order valence-electron chi connectivity index (χ4n) is 1.50. The van der Waals surface area contributed by atoms with Gasteiger partial charge in [-0.3, -0.25) is 0 Å². The summed E-state index contributed by atoms with van der Waals surface area (Å²) in [6.45, 7) is 6.05. The quantitative estimate of drug-likeness (QED) is 0.877. The van der Waals surface area contributed by atoms with Crippen molar-refractivity contribution in [1.82, 2.24) is 5.32 Å². The summed E-state index contributed by atoms with van der Waals surface area (Å²) in [5.41, 5.74) is 1.16. The zero-order chi connectivity index (χ0) is 10.2. The van der Waals surface area contributed by atoms with Gasteiger partial charge in [-0.15, -0.1) is 0 Å². The lowest BCUT2D eigenvalue weighted by molar-refractivity contribution is 0.0341. The Hall–Kier alpha value is -0.540. The van der Waals surface area contributed by atoms with E-state index in [1.807, 2.05) is 12.1 Å². The van der Waals surface area contributed by atoms with Crippen LogP contribution >= 0.6 is 15.9 Å².